The molecule has 2 aromatic rings. The normalized spacial score (nSPS) is 12.5. The van der Waals surface area contributed by atoms with E-state index in [9.17, 15) is 29.4 Å². The Balaban J connectivity index is 2.05. The van der Waals surface area contributed by atoms with Crippen LogP contribution < -0.4 is 16.0 Å². The number of hydrogen-bond acceptors (Lipinski definition) is 7. The summed E-state index contributed by atoms with van der Waals surface area (Å²) in [6.07, 6.45) is -0.356. The van der Waals surface area contributed by atoms with E-state index >= 15 is 0 Å². The second-order valence-electron chi connectivity index (χ2n) is 10.8. The van der Waals surface area contributed by atoms with Crippen molar-refractivity contribution in [3.05, 3.63) is 64.7 Å². The molecular weight excluding hydrogens is 530 g/mol. The first-order chi connectivity index (χ1) is 19.2. The van der Waals surface area contributed by atoms with Crippen molar-refractivity contribution in [1.82, 2.24) is 16.0 Å². The predicted octanol–water partition coefficient (Wildman–Crippen LogP) is 4.11. The van der Waals surface area contributed by atoms with Crippen molar-refractivity contribution in [3.63, 3.8) is 0 Å². The van der Waals surface area contributed by atoms with E-state index in [1.54, 1.807) is 58.9 Å². The van der Waals surface area contributed by atoms with E-state index < -0.39 is 41.7 Å². The van der Waals surface area contributed by atoms with Crippen LogP contribution in [0, 0.1) is 13.8 Å². The molecule has 11 nitrogen and oxygen atoms in total. The molecule has 0 aliphatic heterocycles. The number of amides is 3. The monoisotopic (exact) mass is 571 g/mol. The number of carboxylic acids is 1. The van der Waals surface area contributed by atoms with Crippen LogP contribution in [0.3, 0.4) is 0 Å². The highest BCUT2D eigenvalue weighted by molar-refractivity contribution is 5.89. The molecule has 0 spiro atoms. The molecule has 0 saturated carbocycles. The number of unbranched alkanes of at least 4 members (excludes halogenated alkanes) is 1. The van der Waals surface area contributed by atoms with Gasteiger partial charge in [-0.3, -0.25) is 4.79 Å². The van der Waals surface area contributed by atoms with Crippen LogP contribution >= 0.6 is 0 Å². The molecule has 11 heteroatoms. The molecule has 224 valence electrons. The van der Waals surface area contributed by atoms with Gasteiger partial charge < -0.3 is 35.6 Å². The second kappa shape index (κ2) is 15.5. The third kappa shape index (κ3) is 12.2. The number of benzene rings is 2. The summed E-state index contributed by atoms with van der Waals surface area (Å²) in [5.74, 6) is -1.83. The Kier molecular flexibility index (Phi) is 12.4. The Morgan fingerprint density at radius 2 is 1.54 bits per heavy atom. The lowest BCUT2D eigenvalue weighted by Gasteiger charge is -2.23. The Labute approximate surface area is 240 Å². The SMILES string of the molecule is Cc1cc(O)cc(C)c1C[C@H](NC(=O)OCc1ccccc1)C(=O)N[C@@H](CCCCNC(=O)OC(C)(C)C)C(=O)O. The lowest BCUT2D eigenvalue weighted by molar-refractivity contribution is -0.142. The van der Waals surface area contributed by atoms with Crippen molar-refractivity contribution < 1.29 is 38.9 Å². The quantitative estimate of drug-likeness (QED) is 0.224. The minimum atomic E-state index is -1.22. The molecule has 0 bridgehead atoms. The van der Waals surface area contributed by atoms with Gasteiger partial charge in [-0.2, -0.15) is 0 Å². The van der Waals surface area contributed by atoms with Crippen LogP contribution in [0.1, 0.15) is 62.3 Å². The van der Waals surface area contributed by atoms with Gasteiger partial charge in [0.25, 0.3) is 0 Å². The van der Waals surface area contributed by atoms with Crippen molar-refractivity contribution in [3.8, 4) is 5.75 Å². The van der Waals surface area contributed by atoms with Crippen molar-refractivity contribution in [1.29, 1.82) is 0 Å². The molecule has 0 aromatic heterocycles. The third-order valence-corrected chi connectivity index (χ3v) is 6.11. The first kappa shape index (κ1) is 32.9. The highest BCUT2D eigenvalue weighted by atomic mass is 16.6. The van der Waals surface area contributed by atoms with Crippen LogP contribution in [-0.2, 0) is 32.1 Å². The number of carboxylic acid groups (broad SMARTS) is 1. The second-order valence-corrected chi connectivity index (χ2v) is 10.8. The Bertz CT molecular complexity index is 1170. The standard InChI is InChI=1S/C30H41N3O8/c1-19-15-22(34)16-20(2)23(19)17-25(33-29(39)40-18-21-11-7-6-8-12-21)26(35)32-24(27(36)37)13-9-10-14-31-28(38)41-30(3,4)5/h6-8,11-12,15-16,24-25,34H,9-10,13-14,17-18H2,1-5H3,(H,31,38)(H,32,35)(H,33,39)(H,36,37)/t24-,25-/m0/s1. The van der Waals surface area contributed by atoms with Gasteiger partial charge in [0, 0.05) is 13.0 Å². The maximum atomic E-state index is 13.3. The number of rotatable bonds is 13. The summed E-state index contributed by atoms with van der Waals surface area (Å²) < 4.78 is 10.5. The van der Waals surface area contributed by atoms with Gasteiger partial charge in [0.1, 0.15) is 30.0 Å². The maximum Gasteiger partial charge on any atom is 0.408 e. The summed E-state index contributed by atoms with van der Waals surface area (Å²) in [7, 11) is 0. The minimum Gasteiger partial charge on any atom is -0.508 e. The number of alkyl carbamates (subject to hydrolysis) is 2. The maximum absolute atomic E-state index is 13.3. The minimum absolute atomic E-state index is 0.00659. The number of hydrogen-bond donors (Lipinski definition) is 5. The first-order valence-electron chi connectivity index (χ1n) is 13.5. The zero-order chi connectivity index (χ0) is 30.6. The average Bonchev–Trinajstić information content (AvgIpc) is 2.87. The number of nitrogens with one attached hydrogen (secondary N) is 3. The largest absolute Gasteiger partial charge is 0.508 e. The number of phenols is 1. The van der Waals surface area contributed by atoms with E-state index in [-0.39, 0.29) is 31.7 Å². The van der Waals surface area contributed by atoms with Gasteiger partial charge in [0.15, 0.2) is 0 Å². The zero-order valence-corrected chi connectivity index (χ0v) is 24.3. The van der Waals surface area contributed by atoms with E-state index in [0.717, 1.165) is 11.1 Å². The number of phenolic OH excluding ortho intramolecular Hbond substituents is 1. The summed E-state index contributed by atoms with van der Waals surface area (Å²) in [5.41, 5.74) is 2.30. The summed E-state index contributed by atoms with van der Waals surface area (Å²) >= 11 is 0. The number of aliphatic carboxylic acids is 1. The van der Waals surface area contributed by atoms with E-state index in [2.05, 4.69) is 16.0 Å². The molecule has 0 heterocycles. The first-order valence-corrected chi connectivity index (χ1v) is 13.5. The van der Waals surface area contributed by atoms with E-state index in [1.807, 2.05) is 18.2 Å². The molecule has 0 aliphatic carbocycles. The number of aryl methyl sites for hydroxylation is 2. The smallest absolute Gasteiger partial charge is 0.408 e. The Morgan fingerprint density at radius 3 is 2.12 bits per heavy atom. The fraction of sp³-hybridized carbons (Fsp3) is 0.467. The van der Waals surface area contributed by atoms with E-state index in [0.29, 0.717) is 24.0 Å². The van der Waals surface area contributed by atoms with Crippen LogP contribution in [0.2, 0.25) is 0 Å². The molecule has 0 saturated heterocycles. The molecule has 3 amide bonds. The molecule has 5 N–H and O–H groups in total. The summed E-state index contributed by atoms with van der Waals surface area (Å²) in [6.45, 7) is 9.08. The van der Waals surface area contributed by atoms with Gasteiger partial charge in [-0.1, -0.05) is 30.3 Å². The van der Waals surface area contributed by atoms with Crippen LogP contribution in [0.15, 0.2) is 42.5 Å². The van der Waals surface area contributed by atoms with Crippen LogP contribution in [0.5, 0.6) is 5.75 Å². The summed E-state index contributed by atoms with van der Waals surface area (Å²) in [5, 5.41) is 27.3. The molecule has 0 unspecified atom stereocenters. The molecule has 0 aliphatic rings. The molecule has 2 atom stereocenters. The number of carbonyl (C=O) groups is 4. The predicted molar refractivity (Wildman–Crippen MR) is 152 cm³/mol. The summed E-state index contributed by atoms with van der Waals surface area (Å²) in [4.78, 5) is 49.6. The molecule has 2 aromatic carbocycles. The van der Waals surface area contributed by atoms with Crippen molar-refractivity contribution in [2.24, 2.45) is 0 Å². The van der Waals surface area contributed by atoms with Crippen LogP contribution in [0.25, 0.3) is 0 Å². The lowest BCUT2D eigenvalue weighted by atomic mass is 9.95. The Hall–Kier alpha value is -4.28. The third-order valence-electron chi connectivity index (χ3n) is 6.11. The molecule has 2 rings (SSSR count). The van der Waals surface area contributed by atoms with Crippen LogP contribution in [-0.4, -0.2) is 58.5 Å². The lowest BCUT2D eigenvalue weighted by Crippen LogP contribution is -2.52. The van der Waals surface area contributed by atoms with Crippen LogP contribution in [0.4, 0.5) is 9.59 Å². The highest BCUT2D eigenvalue weighted by Gasteiger charge is 2.28. The molecule has 41 heavy (non-hydrogen) atoms. The van der Waals surface area contributed by atoms with Crippen molar-refractivity contribution in [2.45, 2.75) is 84.6 Å². The number of carbonyl (C=O) groups excluding carboxylic acids is 3. The summed E-state index contributed by atoms with van der Waals surface area (Å²) in [6, 6.07) is 9.79. The van der Waals surface area contributed by atoms with Crippen molar-refractivity contribution >= 4 is 24.1 Å². The van der Waals surface area contributed by atoms with Gasteiger partial charge in [-0.05, 0) is 88.3 Å². The zero-order valence-electron chi connectivity index (χ0n) is 24.3. The Morgan fingerprint density at radius 1 is 0.902 bits per heavy atom. The van der Waals surface area contributed by atoms with Gasteiger partial charge in [0.05, 0.1) is 0 Å². The fourth-order valence-corrected chi connectivity index (χ4v) is 4.12. The molecule has 0 radical (unpaired) electrons. The topological polar surface area (TPSA) is 163 Å². The van der Waals surface area contributed by atoms with Gasteiger partial charge in [-0.25, -0.2) is 14.4 Å². The van der Waals surface area contributed by atoms with Crippen molar-refractivity contribution in [2.75, 3.05) is 6.54 Å². The van der Waals surface area contributed by atoms with E-state index in [4.69, 9.17) is 9.47 Å². The average molecular weight is 572 g/mol. The fourth-order valence-electron chi connectivity index (χ4n) is 4.12. The molecule has 0 fully saturated rings. The molecular formula is C30H41N3O8. The highest BCUT2D eigenvalue weighted by Crippen LogP contribution is 2.22. The van der Waals surface area contributed by atoms with Gasteiger partial charge in [0.2, 0.25) is 5.91 Å². The van der Waals surface area contributed by atoms with Gasteiger partial charge in [-0.15, -0.1) is 0 Å². The van der Waals surface area contributed by atoms with Gasteiger partial charge >= 0.3 is 18.2 Å². The number of aromatic hydroxyl groups is 1. The van der Waals surface area contributed by atoms with E-state index in [1.165, 1.54) is 0 Å². The number of ether oxygens (including phenoxy) is 2.